The fraction of sp³-hybridized carbons (Fsp3) is 0.480. The Kier molecular flexibility index (Phi) is 7.13. The van der Waals surface area contributed by atoms with Crippen LogP contribution in [0.4, 0.5) is 22.0 Å². The van der Waals surface area contributed by atoms with Gasteiger partial charge in [-0.25, -0.2) is 14.4 Å². The van der Waals surface area contributed by atoms with Crippen LogP contribution in [-0.4, -0.2) is 42.7 Å². The highest BCUT2D eigenvalue weighted by atomic mass is 35.5. The standard InChI is InChI=1S/C25H28ClFN8O2/c26-18-8-13(11-28)9-19(27)21(18)33-25-32-20-12-30-24(31-15-2-1-3-17(36)10-15)34-23(20)35(25)16-6-4-14(5-7-16)22(29)37/h8-9,12,14-17,36H,1-7,10H2,(H2,29,37)(H,32,33)(H,30,31,34)/t14-,15-,16+,17+/m0/s1. The number of nitrogens with zero attached hydrogens (tertiary/aromatic N) is 5. The lowest BCUT2D eigenvalue weighted by Gasteiger charge is -2.29. The van der Waals surface area contributed by atoms with Crippen LogP contribution in [0.1, 0.15) is 63.0 Å². The van der Waals surface area contributed by atoms with E-state index in [9.17, 15) is 14.3 Å². The molecule has 1 aromatic carbocycles. The summed E-state index contributed by atoms with van der Waals surface area (Å²) in [5.41, 5.74) is 6.72. The van der Waals surface area contributed by atoms with E-state index in [2.05, 4.69) is 20.6 Å². The zero-order chi connectivity index (χ0) is 26.1. The van der Waals surface area contributed by atoms with Crippen molar-refractivity contribution < 1.29 is 14.3 Å². The molecule has 0 saturated heterocycles. The number of hydrogen-bond acceptors (Lipinski definition) is 8. The van der Waals surface area contributed by atoms with Crippen molar-refractivity contribution in [1.82, 2.24) is 19.5 Å². The Morgan fingerprint density at radius 2 is 2.00 bits per heavy atom. The summed E-state index contributed by atoms with van der Waals surface area (Å²) in [6, 6.07) is 4.38. The molecule has 3 aromatic rings. The summed E-state index contributed by atoms with van der Waals surface area (Å²) in [5, 5.41) is 25.5. The zero-order valence-corrected chi connectivity index (χ0v) is 20.9. The number of fused-ring (bicyclic) bond motifs is 1. The monoisotopic (exact) mass is 526 g/mol. The lowest BCUT2D eigenvalue weighted by Crippen LogP contribution is -2.30. The van der Waals surface area contributed by atoms with E-state index in [-0.39, 0.29) is 46.3 Å². The van der Waals surface area contributed by atoms with Gasteiger partial charge < -0.3 is 21.5 Å². The topological polar surface area (TPSA) is 155 Å². The number of halogens is 2. The molecule has 37 heavy (non-hydrogen) atoms. The van der Waals surface area contributed by atoms with E-state index in [0.717, 1.165) is 25.3 Å². The third-order valence-electron chi connectivity index (χ3n) is 7.28. The van der Waals surface area contributed by atoms with Gasteiger partial charge in [-0.05, 0) is 63.5 Å². The average Bonchev–Trinajstić information content (AvgIpc) is 3.23. The number of anilines is 3. The predicted octanol–water partition coefficient (Wildman–Crippen LogP) is 4.17. The summed E-state index contributed by atoms with van der Waals surface area (Å²) in [5.74, 6) is -0.403. The van der Waals surface area contributed by atoms with Gasteiger partial charge in [0.25, 0.3) is 0 Å². The van der Waals surface area contributed by atoms with E-state index in [1.54, 1.807) is 6.20 Å². The van der Waals surface area contributed by atoms with Crippen LogP contribution in [0, 0.1) is 23.1 Å². The highest BCUT2D eigenvalue weighted by Crippen LogP contribution is 2.38. The molecule has 2 heterocycles. The minimum atomic E-state index is -0.676. The van der Waals surface area contributed by atoms with E-state index in [0.29, 0.717) is 55.2 Å². The summed E-state index contributed by atoms with van der Waals surface area (Å²) >= 11 is 6.30. The third kappa shape index (κ3) is 5.31. The minimum Gasteiger partial charge on any atom is -0.393 e. The molecule has 0 bridgehead atoms. The van der Waals surface area contributed by atoms with Crippen molar-refractivity contribution in [1.29, 1.82) is 5.26 Å². The van der Waals surface area contributed by atoms with Crippen LogP contribution < -0.4 is 16.4 Å². The number of aliphatic hydroxyl groups excluding tert-OH is 1. The molecule has 2 saturated carbocycles. The van der Waals surface area contributed by atoms with Gasteiger partial charge in [0, 0.05) is 18.0 Å². The van der Waals surface area contributed by atoms with Crippen LogP contribution in [0.5, 0.6) is 0 Å². The molecule has 2 fully saturated rings. The van der Waals surface area contributed by atoms with Crippen molar-refractivity contribution >= 4 is 46.3 Å². The molecular weight excluding hydrogens is 499 g/mol. The zero-order valence-electron chi connectivity index (χ0n) is 20.1. The maximum absolute atomic E-state index is 14.9. The van der Waals surface area contributed by atoms with Gasteiger partial charge in [-0.1, -0.05) is 11.6 Å². The SMILES string of the molecule is N#Cc1cc(F)c(Nc2nc3cnc(N[C@H]4CCC[C@@H](O)C4)nc3n2[C@H]2CC[C@@H](C(N)=O)CC2)c(Cl)c1. The molecule has 1 amide bonds. The van der Waals surface area contributed by atoms with Crippen molar-refractivity contribution in [2.24, 2.45) is 11.7 Å². The summed E-state index contributed by atoms with van der Waals surface area (Å²) in [6.07, 6.45) is 7.11. The van der Waals surface area contributed by atoms with E-state index in [1.807, 2.05) is 10.6 Å². The van der Waals surface area contributed by atoms with Crippen LogP contribution in [0.25, 0.3) is 11.2 Å². The highest BCUT2D eigenvalue weighted by molar-refractivity contribution is 6.33. The summed E-state index contributed by atoms with van der Waals surface area (Å²) in [6.45, 7) is 0. The fourth-order valence-electron chi connectivity index (χ4n) is 5.36. The molecule has 5 rings (SSSR count). The summed E-state index contributed by atoms with van der Waals surface area (Å²) < 4.78 is 16.8. The molecular formula is C25H28ClFN8O2. The Hall–Kier alpha value is -3.49. The number of rotatable bonds is 6. The molecule has 10 nitrogen and oxygen atoms in total. The van der Waals surface area contributed by atoms with Gasteiger partial charge in [-0.3, -0.25) is 9.36 Å². The molecule has 2 aliphatic rings. The highest BCUT2D eigenvalue weighted by Gasteiger charge is 2.30. The number of nitrogens with two attached hydrogens (primary N) is 1. The molecule has 0 unspecified atom stereocenters. The molecule has 0 radical (unpaired) electrons. The number of nitrogens with one attached hydrogen (secondary N) is 2. The Bertz CT molecular complexity index is 1340. The second kappa shape index (κ2) is 10.5. The van der Waals surface area contributed by atoms with Crippen molar-refractivity contribution in [3.63, 3.8) is 0 Å². The van der Waals surface area contributed by atoms with Gasteiger partial charge in [0.15, 0.2) is 5.65 Å². The van der Waals surface area contributed by atoms with Crippen LogP contribution in [-0.2, 0) is 4.79 Å². The maximum atomic E-state index is 14.9. The van der Waals surface area contributed by atoms with Crippen LogP contribution >= 0.6 is 11.6 Å². The Balaban J connectivity index is 1.52. The van der Waals surface area contributed by atoms with Gasteiger partial charge in [0.2, 0.25) is 17.8 Å². The predicted molar refractivity (Wildman–Crippen MR) is 137 cm³/mol. The second-order valence-electron chi connectivity index (χ2n) is 9.83. The number of amides is 1. The minimum absolute atomic E-state index is 0.00513. The van der Waals surface area contributed by atoms with Crippen LogP contribution in [0.2, 0.25) is 5.02 Å². The van der Waals surface area contributed by atoms with E-state index in [4.69, 9.17) is 27.6 Å². The third-order valence-corrected chi connectivity index (χ3v) is 7.58. The first-order chi connectivity index (χ1) is 17.8. The molecule has 2 atom stereocenters. The number of primary amides is 1. The first-order valence-corrected chi connectivity index (χ1v) is 12.8. The van der Waals surface area contributed by atoms with Crippen molar-refractivity contribution in [3.05, 3.63) is 34.7 Å². The molecule has 0 spiro atoms. The number of carbonyl (C=O) groups excluding carboxylic acids is 1. The number of aromatic nitrogens is 4. The Labute approximate surface area is 218 Å². The number of carbonyl (C=O) groups is 1. The van der Waals surface area contributed by atoms with E-state index in [1.165, 1.54) is 6.07 Å². The first kappa shape index (κ1) is 25.2. The van der Waals surface area contributed by atoms with Gasteiger partial charge >= 0.3 is 0 Å². The maximum Gasteiger partial charge on any atom is 0.224 e. The second-order valence-corrected chi connectivity index (χ2v) is 10.2. The quantitative estimate of drug-likeness (QED) is 0.373. The Morgan fingerprint density at radius 3 is 2.68 bits per heavy atom. The molecule has 0 aliphatic heterocycles. The number of hydrogen-bond donors (Lipinski definition) is 4. The van der Waals surface area contributed by atoms with E-state index >= 15 is 0 Å². The summed E-state index contributed by atoms with van der Waals surface area (Å²) in [7, 11) is 0. The van der Waals surface area contributed by atoms with E-state index < -0.39 is 5.82 Å². The number of aliphatic hydroxyl groups is 1. The molecule has 12 heteroatoms. The van der Waals surface area contributed by atoms with Gasteiger partial charge in [0.05, 0.1) is 34.6 Å². The smallest absolute Gasteiger partial charge is 0.224 e. The molecule has 5 N–H and O–H groups in total. The van der Waals surface area contributed by atoms with Crippen LogP contribution in [0.15, 0.2) is 18.3 Å². The number of nitriles is 1. The van der Waals surface area contributed by atoms with Crippen molar-refractivity contribution in [2.75, 3.05) is 10.6 Å². The fourth-order valence-corrected chi connectivity index (χ4v) is 5.61. The van der Waals surface area contributed by atoms with Crippen LogP contribution in [0.3, 0.4) is 0 Å². The average molecular weight is 527 g/mol. The normalized spacial score (nSPS) is 23.9. The summed E-state index contributed by atoms with van der Waals surface area (Å²) in [4.78, 5) is 25.5. The lowest BCUT2D eigenvalue weighted by molar-refractivity contribution is -0.122. The Morgan fingerprint density at radius 1 is 1.22 bits per heavy atom. The molecule has 2 aromatic heterocycles. The molecule has 194 valence electrons. The van der Waals surface area contributed by atoms with Gasteiger partial charge in [-0.2, -0.15) is 10.2 Å². The number of imidazole rings is 1. The van der Waals surface area contributed by atoms with Gasteiger partial charge in [-0.15, -0.1) is 0 Å². The first-order valence-electron chi connectivity index (χ1n) is 12.5. The van der Waals surface area contributed by atoms with Gasteiger partial charge in [0.1, 0.15) is 11.3 Å². The molecule has 2 aliphatic carbocycles. The van der Waals surface area contributed by atoms with Crippen molar-refractivity contribution in [3.8, 4) is 6.07 Å². The lowest BCUT2D eigenvalue weighted by atomic mass is 9.85. The largest absolute Gasteiger partial charge is 0.393 e. The number of benzene rings is 1. The van der Waals surface area contributed by atoms with Crippen molar-refractivity contribution in [2.45, 2.75) is 69.6 Å².